The molecule has 258 valence electrons. The second kappa shape index (κ2) is 14.4. The molecule has 3 heterocycles. The van der Waals surface area contributed by atoms with E-state index in [1.54, 1.807) is 18.7 Å². The van der Waals surface area contributed by atoms with Crippen molar-refractivity contribution in [2.75, 3.05) is 24.5 Å². The van der Waals surface area contributed by atoms with Crippen molar-refractivity contribution in [2.24, 2.45) is 0 Å². The summed E-state index contributed by atoms with van der Waals surface area (Å²) >= 11 is 6.38. The van der Waals surface area contributed by atoms with E-state index in [4.69, 9.17) is 25.8 Å². The molecule has 11 nitrogen and oxygen atoms in total. The number of carbonyl (C=O) groups excluding carboxylic acids is 2. The Bertz CT molecular complexity index is 1650. The summed E-state index contributed by atoms with van der Waals surface area (Å²) in [5.74, 6) is -0.670. The summed E-state index contributed by atoms with van der Waals surface area (Å²) in [4.78, 5) is 34.8. The third kappa shape index (κ3) is 8.38. The molecule has 5 rings (SSSR count). The normalized spacial score (nSPS) is 15.1. The Hall–Kier alpha value is -4.33. The number of hydrogen-bond acceptors (Lipinski definition) is 9. The van der Waals surface area contributed by atoms with Crippen molar-refractivity contribution >= 4 is 29.4 Å². The third-order valence-corrected chi connectivity index (χ3v) is 8.07. The molecule has 1 saturated heterocycles. The van der Waals surface area contributed by atoms with Crippen LogP contribution in [0.25, 0.3) is 0 Å². The molecule has 1 fully saturated rings. The van der Waals surface area contributed by atoms with E-state index in [9.17, 15) is 22.8 Å². The quantitative estimate of drug-likeness (QED) is 0.238. The minimum Gasteiger partial charge on any atom is -0.490 e. The fraction of sp³-hybridized carbons (Fsp3) is 0.485. The summed E-state index contributed by atoms with van der Waals surface area (Å²) < 4.78 is 58.4. The van der Waals surface area contributed by atoms with Crippen molar-refractivity contribution < 1.29 is 37.0 Å². The second-order valence-electron chi connectivity index (χ2n) is 12.9. The van der Waals surface area contributed by atoms with Gasteiger partial charge in [-0.2, -0.15) is 4.98 Å². The molecule has 0 aliphatic carbocycles. The Morgan fingerprint density at radius 2 is 1.79 bits per heavy atom. The van der Waals surface area contributed by atoms with E-state index < -0.39 is 36.3 Å². The minimum atomic E-state index is -2.78. The van der Waals surface area contributed by atoms with Gasteiger partial charge in [-0.05, 0) is 64.4 Å². The molecule has 0 N–H and O–H groups in total. The molecular weight excluding hydrogens is 653 g/mol. The maximum atomic E-state index is 14.2. The molecule has 0 unspecified atom stereocenters. The van der Waals surface area contributed by atoms with Gasteiger partial charge in [-0.15, -0.1) is 5.10 Å². The predicted octanol–water partition coefficient (Wildman–Crippen LogP) is 6.87. The first-order chi connectivity index (χ1) is 22.7. The van der Waals surface area contributed by atoms with Crippen LogP contribution in [0.4, 0.5) is 23.8 Å². The molecule has 1 aromatic heterocycles. The molecule has 0 bridgehead atoms. The first-order valence-corrected chi connectivity index (χ1v) is 16.0. The lowest BCUT2D eigenvalue weighted by atomic mass is 10.1. The van der Waals surface area contributed by atoms with E-state index in [2.05, 4.69) is 15.2 Å². The number of alkyl halides is 2. The van der Waals surface area contributed by atoms with Gasteiger partial charge in [0, 0.05) is 44.1 Å². The van der Waals surface area contributed by atoms with Crippen LogP contribution in [-0.4, -0.2) is 80.8 Å². The van der Waals surface area contributed by atoms with E-state index in [-0.39, 0.29) is 34.7 Å². The number of amides is 2. The van der Waals surface area contributed by atoms with Gasteiger partial charge in [0.1, 0.15) is 29.0 Å². The van der Waals surface area contributed by atoms with Crippen LogP contribution in [-0.2, 0) is 17.8 Å². The summed E-state index contributed by atoms with van der Waals surface area (Å²) in [6.45, 7) is 9.71. The Morgan fingerprint density at radius 3 is 2.46 bits per heavy atom. The number of aromatic nitrogens is 3. The summed E-state index contributed by atoms with van der Waals surface area (Å²) in [6.07, 6.45) is -2.01. The third-order valence-electron chi connectivity index (χ3n) is 7.83. The standard InChI is InChI=1S/C33H38ClF3N6O5/c1-19(2)43(18-27(36)37)30(44)23-15-21(35)9-10-26(23)47-31-38-29(28(34)39-40-31)41-13-11-22(12-14-41)46-25-8-6-7-20-16-42(17-24(20)25)32(45)48-33(3,4)5/h6-10,15,19,22,27H,11-14,16-18H2,1-5H3. The van der Waals surface area contributed by atoms with Crippen LogP contribution >= 0.6 is 11.6 Å². The van der Waals surface area contributed by atoms with Crippen LogP contribution < -0.4 is 14.4 Å². The van der Waals surface area contributed by atoms with Gasteiger partial charge in [-0.25, -0.2) is 18.0 Å². The van der Waals surface area contributed by atoms with Crippen LogP contribution in [0.1, 0.15) is 68.9 Å². The van der Waals surface area contributed by atoms with E-state index in [1.165, 1.54) is 6.07 Å². The Morgan fingerprint density at radius 1 is 1.06 bits per heavy atom. The fourth-order valence-corrected chi connectivity index (χ4v) is 5.74. The van der Waals surface area contributed by atoms with Crippen LogP contribution in [0.2, 0.25) is 5.15 Å². The minimum absolute atomic E-state index is 0.0307. The first-order valence-electron chi connectivity index (χ1n) is 15.7. The molecule has 2 aliphatic rings. The Balaban J connectivity index is 1.25. The van der Waals surface area contributed by atoms with Gasteiger partial charge in [0.15, 0.2) is 11.0 Å². The van der Waals surface area contributed by atoms with Crippen molar-refractivity contribution in [3.63, 3.8) is 0 Å². The largest absolute Gasteiger partial charge is 0.490 e. The number of carbonyl (C=O) groups is 2. The number of rotatable bonds is 9. The monoisotopic (exact) mass is 690 g/mol. The van der Waals surface area contributed by atoms with Gasteiger partial charge in [0.05, 0.1) is 18.7 Å². The van der Waals surface area contributed by atoms with Crippen molar-refractivity contribution in [1.82, 2.24) is 25.0 Å². The van der Waals surface area contributed by atoms with Crippen LogP contribution in [0.5, 0.6) is 17.5 Å². The fourth-order valence-electron chi connectivity index (χ4n) is 5.55. The van der Waals surface area contributed by atoms with Gasteiger partial charge in [-0.3, -0.25) is 9.69 Å². The lowest BCUT2D eigenvalue weighted by molar-refractivity contribution is 0.0240. The topological polar surface area (TPSA) is 110 Å². The van der Waals surface area contributed by atoms with Crippen molar-refractivity contribution in [2.45, 2.75) is 84.7 Å². The zero-order chi connectivity index (χ0) is 34.7. The molecule has 0 spiro atoms. The molecule has 2 aliphatic heterocycles. The highest BCUT2D eigenvalue weighted by molar-refractivity contribution is 6.31. The highest BCUT2D eigenvalue weighted by atomic mass is 35.5. The number of piperidine rings is 1. The predicted molar refractivity (Wildman–Crippen MR) is 171 cm³/mol. The molecule has 3 aromatic rings. The molecule has 0 atom stereocenters. The van der Waals surface area contributed by atoms with Gasteiger partial charge < -0.3 is 24.0 Å². The first kappa shape index (κ1) is 35.0. The van der Waals surface area contributed by atoms with Crippen molar-refractivity contribution in [3.8, 4) is 17.5 Å². The lowest BCUT2D eigenvalue weighted by Crippen LogP contribution is -2.40. The van der Waals surface area contributed by atoms with Crippen LogP contribution in [0.3, 0.4) is 0 Å². The molecule has 2 amide bonds. The van der Waals surface area contributed by atoms with Gasteiger partial charge >= 0.3 is 12.1 Å². The van der Waals surface area contributed by atoms with Crippen molar-refractivity contribution in [3.05, 3.63) is 64.1 Å². The summed E-state index contributed by atoms with van der Waals surface area (Å²) in [5, 5.41) is 7.87. The van der Waals surface area contributed by atoms with E-state index in [0.717, 1.165) is 33.9 Å². The Labute approximate surface area is 281 Å². The zero-order valence-electron chi connectivity index (χ0n) is 27.4. The summed E-state index contributed by atoms with van der Waals surface area (Å²) in [5.41, 5.74) is 1.12. The smallest absolute Gasteiger partial charge is 0.410 e. The summed E-state index contributed by atoms with van der Waals surface area (Å²) in [7, 11) is 0. The van der Waals surface area contributed by atoms with Gasteiger partial charge in [-0.1, -0.05) is 28.8 Å². The average molecular weight is 691 g/mol. The van der Waals surface area contributed by atoms with Crippen LogP contribution in [0.15, 0.2) is 36.4 Å². The highest BCUT2D eigenvalue weighted by Crippen LogP contribution is 2.35. The SMILES string of the molecule is CC(C)N(CC(F)F)C(=O)c1cc(F)ccc1Oc1nnc(Cl)c(N2CCC(Oc3cccc4c3CN(C(=O)OC(C)(C)C)C4)CC2)n1. The molecule has 15 heteroatoms. The van der Waals surface area contributed by atoms with E-state index >= 15 is 0 Å². The summed E-state index contributed by atoms with van der Waals surface area (Å²) in [6, 6.07) is 8.16. The number of halogens is 4. The maximum Gasteiger partial charge on any atom is 0.410 e. The maximum absolute atomic E-state index is 14.2. The number of anilines is 1. The second-order valence-corrected chi connectivity index (χ2v) is 13.3. The Kier molecular flexibility index (Phi) is 10.5. The van der Waals surface area contributed by atoms with Crippen molar-refractivity contribution in [1.29, 1.82) is 0 Å². The van der Waals surface area contributed by atoms with Gasteiger partial charge in [0.2, 0.25) is 0 Å². The number of hydrogen-bond donors (Lipinski definition) is 0. The highest BCUT2D eigenvalue weighted by Gasteiger charge is 2.32. The number of benzene rings is 2. The molecule has 0 saturated carbocycles. The van der Waals surface area contributed by atoms with E-state index in [1.807, 2.05) is 43.9 Å². The van der Waals surface area contributed by atoms with Crippen LogP contribution in [0, 0.1) is 5.82 Å². The molecule has 0 radical (unpaired) electrons. The number of fused-ring (bicyclic) bond motifs is 1. The average Bonchev–Trinajstić information content (AvgIpc) is 3.47. The molecule has 2 aromatic carbocycles. The number of ether oxygens (including phenoxy) is 3. The lowest BCUT2D eigenvalue weighted by Gasteiger charge is -2.33. The van der Waals surface area contributed by atoms with Gasteiger partial charge in [0.25, 0.3) is 12.3 Å². The molecule has 48 heavy (non-hydrogen) atoms. The number of nitrogens with zero attached hydrogens (tertiary/aromatic N) is 6. The molecular formula is C33H38ClF3N6O5. The zero-order valence-corrected chi connectivity index (χ0v) is 28.1. The van der Waals surface area contributed by atoms with E-state index in [0.29, 0.717) is 44.8 Å².